The van der Waals surface area contributed by atoms with Gasteiger partial charge in [-0.1, -0.05) is 30.5 Å². The van der Waals surface area contributed by atoms with Gasteiger partial charge in [-0.3, -0.25) is 0 Å². The molecule has 0 amide bonds. The van der Waals surface area contributed by atoms with Gasteiger partial charge in [-0.15, -0.1) is 11.3 Å². The summed E-state index contributed by atoms with van der Waals surface area (Å²) >= 11 is 1.64. The van der Waals surface area contributed by atoms with Gasteiger partial charge in [0.25, 0.3) is 0 Å². The normalized spacial score (nSPS) is 16.7. The molecule has 2 heterocycles. The van der Waals surface area contributed by atoms with Crippen molar-refractivity contribution < 1.29 is 4.52 Å². The van der Waals surface area contributed by atoms with Crippen molar-refractivity contribution in [3.63, 3.8) is 0 Å². The molecule has 5 heteroatoms. The molecule has 1 fully saturated rings. The van der Waals surface area contributed by atoms with E-state index in [4.69, 9.17) is 4.52 Å². The van der Waals surface area contributed by atoms with Crippen molar-refractivity contribution in [2.75, 3.05) is 13.6 Å². The third kappa shape index (κ3) is 3.92. The van der Waals surface area contributed by atoms with Gasteiger partial charge in [-0.25, -0.2) is 0 Å². The van der Waals surface area contributed by atoms with Gasteiger partial charge < -0.3 is 9.42 Å². The molecule has 0 bridgehead atoms. The van der Waals surface area contributed by atoms with Gasteiger partial charge in [-0.05, 0) is 44.3 Å². The maximum absolute atomic E-state index is 5.34. The second-order valence-corrected chi connectivity index (χ2v) is 6.81. The van der Waals surface area contributed by atoms with E-state index >= 15 is 0 Å². The minimum Gasteiger partial charge on any atom is -0.339 e. The number of thiophene rings is 1. The molecule has 2 aromatic heterocycles. The molecule has 0 spiro atoms. The summed E-state index contributed by atoms with van der Waals surface area (Å²) in [6, 6.07) is 4.81. The van der Waals surface area contributed by atoms with Gasteiger partial charge in [0.05, 0.1) is 4.88 Å². The lowest BCUT2D eigenvalue weighted by atomic mass is 9.94. The molecule has 0 saturated heterocycles. The summed E-state index contributed by atoms with van der Waals surface area (Å²) in [6.07, 6.45) is 8.87. The molecule has 114 valence electrons. The Morgan fingerprint density at radius 1 is 1.33 bits per heavy atom. The highest BCUT2D eigenvalue weighted by atomic mass is 32.1. The molecule has 0 atom stereocenters. The Bertz CT molecular complexity index is 531. The lowest BCUT2D eigenvalue weighted by Gasteiger charge is -2.31. The maximum Gasteiger partial charge on any atom is 0.227 e. The van der Waals surface area contributed by atoms with Crippen LogP contribution < -0.4 is 0 Å². The van der Waals surface area contributed by atoms with E-state index in [-0.39, 0.29) is 0 Å². The van der Waals surface area contributed by atoms with E-state index in [1.54, 1.807) is 11.3 Å². The highest BCUT2D eigenvalue weighted by molar-refractivity contribution is 7.13. The van der Waals surface area contributed by atoms with E-state index in [0.717, 1.165) is 42.0 Å². The minimum atomic E-state index is 0.723. The quantitative estimate of drug-likeness (QED) is 0.809. The highest BCUT2D eigenvalue weighted by Gasteiger charge is 2.17. The summed E-state index contributed by atoms with van der Waals surface area (Å²) in [5.41, 5.74) is 0. The molecule has 1 aliphatic carbocycles. The van der Waals surface area contributed by atoms with Crippen molar-refractivity contribution in [2.24, 2.45) is 0 Å². The first-order chi connectivity index (χ1) is 10.3. The average molecular weight is 305 g/mol. The number of hydrogen-bond acceptors (Lipinski definition) is 5. The zero-order valence-electron chi connectivity index (χ0n) is 12.6. The van der Waals surface area contributed by atoms with Crippen molar-refractivity contribution >= 4 is 11.3 Å². The van der Waals surface area contributed by atoms with Crippen LogP contribution in [0.5, 0.6) is 0 Å². The van der Waals surface area contributed by atoms with Gasteiger partial charge in [0.2, 0.25) is 11.7 Å². The number of hydrogen-bond donors (Lipinski definition) is 0. The fourth-order valence-corrected chi connectivity index (χ4v) is 3.70. The Hall–Kier alpha value is -1.20. The third-order valence-electron chi connectivity index (χ3n) is 4.31. The standard InChI is InChI=1S/C16H23N3OS/c1-19(13-7-3-2-4-8-13)11-5-10-15-17-16(18-20-15)14-9-6-12-21-14/h6,9,12-13H,2-5,7-8,10-11H2,1H3. The van der Waals surface area contributed by atoms with E-state index < -0.39 is 0 Å². The van der Waals surface area contributed by atoms with Crippen LogP contribution in [0.25, 0.3) is 10.7 Å². The molecule has 1 aliphatic rings. The molecule has 21 heavy (non-hydrogen) atoms. The van der Waals surface area contributed by atoms with E-state index in [0.29, 0.717) is 0 Å². The van der Waals surface area contributed by atoms with Crippen LogP contribution in [0.15, 0.2) is 22.0 Å². The van der Waals surface area contributed by atoms with Gasteiger partial charge in [0.15, 0.2) is 0 Å². The number of aromatic nitrogens is 2. The van der Waals surface area contributed by atoms with Crippen LogP contribution in [-0.2, 0) is 6.42 Å². The Morgan fingerprint density at radius 3 is 2.95 bits per heavy atom. The van der Waals surface area contributed by atoms with E-state index in [1.165, 1.54) is 32.1 Å². The summed E-state index contributed by atoms with van der Waals surface area (Å²) in [5.74, 6) is 1.48. The summed E-state index contributed by atoms with van der Waals surface area (Å²) in [4.78, 5) is 8.06. The summed E-state index contributed by atoms with van der Waals surface area (Å²) < 4.78 is 5.34. The molecule has 4 nitrogen and oxygen atoms in total. The third-order valence-corrected chi connectivity index (χ3v) is 5.17. The molecule has 1 saturated carbocycles. The zero-order valence-corrected chi connectivity index (χ0v) is 13.4. The van der Waals surface area contributed by atoms with Crippen molar-refractivity contribution in [3.8, 4) is 10.7 Å². The lowest BCUT2D eigenvalue weighted by molar-refractivity contribution is 0.188. The second-order valence-electron chi connectivity index (χ2n) is 5.87. The Labute approximate surface area is 130 Å². The van der Waals surface area contributed by atoms with Crippen molar-refractivity contribution in [3.05, 3.63) is 23.4 Å². The second kappa shape index (κ2) is 7.18. The van der Waals surface area contributed by atoms with Crippen molar-refractivity contribution in [1.29, 1.82) is 0 Å². The van der Waals surface area contributed by atoms with Gasteiger partial charge in [-0.2, -0.15) is 4.98 Å². The van der Waals surface area contributed by atoms with Crippen LogP contribution in [0.3, 0.4) is 0 Å². The smallest absolute Gasteiger partial charge is 0.227 e. The maximum atomic E-state index is 5.34. The molecule has 0 N–H and O–H groups in total. The predicted octanol–water partition coefficient (Wildman–Crippen LogP) is 4.00. The van der Waals surface area contributed by atoms with E-state index in [9.17, 15) is 0 Å². The molecular formula is C16H23N3OS. The molecule has 0 aliphatic heterocycles. The van der Waals surface area contributed by atoms with Crippen LogP contribution in [0.1, 0.15) is 44.4 Å². The number of nitrogens with zero attached hydrogens (tertiary/aromatic N) is 3. The molecule has 2 aromatic rings. The first-order valence-electron chi connectivity index (χ1n) is 7.89. The first-order valence-corrected chi connectivity index (χ1v) is 8.77. The SMILES string of the molecule is CN(CCCc1nc(-c2cccs2)no1)C1CCCCC1. The fraction of sp³-hybridized carbons (Fsp3) is 0.625. The molecule has 0 radical (unpaired) electrons. The topological polar surface area (TPSA) is 42.2 Å². The largest absolute Gasteiger partial charge is 0.339 e. The number of rotatable bonds is 6. The summed E-state index contributed by atoms with van der Waals surface area (Å²) in [6.45, 7) is 1.11. The minimum absolute atomic E-state index is 0.723. The Morgan fingerprint density at radius 2 is 2.19 bits per heavy atom. The summed E-state index contributed by atoms with van der Waals surface area (Å²) in [5, 5.41) is 6.09. The molecule has 0 unspecified atom stereocenters. The van der Waals surface area contributed by atoms with Crippen LogP contribution in [0, 0.1) is 0 Å². The van der Waals surface area contributed by atoms with Gasteiger partial charge in [0.1, 0.15) is 0 Å². The summed E-state index contributed by atoms with van der Waals surface area (Å²) in [7, 11) is 2.25. The van der Waals surface area contributed by atoms with Crippen LogP contribution >= 0.6 is 11.3 Å². The van der Waals surface area contributed by atoms with Crippen LogP contribution in [0.2, 0.25) is 0 Å². The fourth-order valence-electron chi connectivity index (χ4n) is 3.05. The molecule has 0 aromatic carbocycles. The zero-order chi connectivity index (χ0) is 14.5. The van der Waals surface area contributed by atoms with Gasteiger partial charge in [0, 0.05) is 12.5 Å². The number of aryl methyl sites for hydroxylation is 1. The van der Waals surface area contributed by atoms with Crippen LogP contribution in [-0.4, -0.2) is 34.7 Å². The predicted molar refractivity (Wildman–Crippen MR) is 85.4 cm³/mol. The average Bonchev–Trinajstić information content (AvgIpc) is 3.19. The Kier molecular flexibility index (Phi) is 5.04. The monoisotopic (exact) mass is 305 g/mol. The van der Waals surface area contributed by atoms with E-state index in [2.05, 4.69) is 22.1 Å². The Balaban J connectivity index is 1.45. The van der Waals surface area contributed by atoms with Crippen molar-refractivity contribution in [2.45, 2.75) is 51.0 Å². The first kappa shape index (κ1) is 14.7. The van der Waals surface area contributed by atoms with Gasteiger partial charge >= 0.3 is 0 Å². The highest BCUT2D eigenvalue weighted by Crippen LogP contribution is 2.23. The molecular weight excluding hydrogens is 282 g/mol. The van der Waals surface area contributed by atoms with E-state index in [1.807, 2.05) is 17.5 Å². The van der Waals surface area contributed by atoms with Crippen LogP contribution in [0.4, 0.5) is 0 Å². The lowest BCUT2D eigenvalue weighted by Crippen LogP contribution is -2.34. The van der Waals surface area contributed by atoms with Crippen molar-refractivity contribution in [1.82, 2.24) is 15.0 Å². The molecule has 3 rings (SSSR count).